The quantitative estimate of drug-likeness (QED) is 0.919. The maximum atomic E-state index is 12.1. The third-order valence-corrected chi connectivity index (χ3v) is 3.70. The second kappa shape index (κ2) is 7.07. The first-order chi connectivity index (χ1) is 10.4. The second-order valence-corrected chi connectivity index (χ2v) is 6.54. The topological polar surface area (TPSA) is 71.7 Å². The number of hydrogen-bond donors (Lipinski definition) is 1. The minimum atomic E-state index is -0.455. The summed E-state index contributed by atoms with van der Waals surface area (Å²) < 4.78 is 5.42. The van der Waals surface area contributed by atoms with E-state index in [0.717, 1.165) is 18.7 Å². The Morgan fingerprint density at radius 2 is 2.05 bits per heavy atom. The third kappa shape index (κ3) is 4.42. The highest BCUT2D eigenvalue weighted by atomic mass is 16.6. The molecule has 0 saturated carbocycles. The van der Waals surface area contributed by atoms with E-state index < -0.39 is 5.60 Å². The van der Waals surface area contributed by atoms with Gasteiger partial charge in [-0.05, 0) is 32.4 Å². The summed E-state index contributed by atoms with van der Waals surface area (Å²) >= 11 is 0. The second-order valence-electron chi connectivity index (χ2n) is 6.54. The van der Waals surface area contributed by atoms with E-state index in [9.17, 15) is 4.79 Å². The highest BCUT2D eigenvalue weighted by Gasteiger charge is 2.28. The molecule has 1 aliphatic rings. The smallest absolute Gasteiger partial charge is 0.410 e. The molecule has 1 aromatic rings. The first kappa shape index (κ1) is 16.7. The molecule has 1 unspecified atom stereocenters. The number of nitrogens with two attached hydrogens (primary N) is 1. The molecule has 22 heavy (non-hydrogen) atoms. The average Bonchev–Trinajstić information content (AvgIpc) is 2.48. The number of nitrogens with zero attached hydrogens (tertiary/aromatic N) is 3. The zero-order valence-corrected chi connectivity index (χ0v) is 13.7. The summed E-state index contributed by atoms with van der Waals surface area (Å²) in [6.07, 6.45) is 3.38. The summed E-state index contributed by atoms with van der Waals surface area (Å²) in [5, 5.41) is 0. The SMILES string of the molecule is CC(C)(C)OC(=O)N1CCN(C(CN)c2cccnc2)CC1. The van der Waals surface area contributed by atoms with Crippen LogP contribution in [0, 0.1) is 0 Å². The van der Waals surface area contributed by atoms with Gasteiger partial charge in [0.25, 0.3) is 0 Å². The van der Waals surface area contributed by atoms with Crippen LogP contribution >= 0.6 is 0 Å². The molecule has 1 aromatic heterocycles. The predicted molar refractivity (Wildman–Crippen MR) is 85.4 cm³/mol. The van der Waals surface area contributed by atoms with Crippen LogP contribution in [0.5, 0.6) is 0 Å². The minimum absolute atomic E-state index is 0.148. The molecule has 0 spiro atoms. The van der Waals surface area contributed by atoms with E-state index in [1.807, 2.05) is 39.1 Å². The molecular formula is C16H26N4O2. The van der Waals surface area contributed by atoms with Crippen molar-refractivity contribution in [2.45, 2.75) is 32.4 Å². The molecule has 1 fully saturated rings. The number of rotatable bonds is 3. The van der Waals surface area contributed by atoms with Crippen molar-refractivity contribution >= 4 is 6.09 Å². The predicted octanol–water partition coefficient (Wildman–Crippen LogP) is 1.63. The standard InChI is InChI=1S/C16H26N4O2/c1-16(2,3)22-15(21)20-9-7-19(8-10-20)14(11-17)13-5-4-6-18-12-13/h4-6,12,14H,7-11,17H2,1-3H3. The van der Waals surface area contributed by atoms with E-state index in [1.165, 1.54) is 0 Å². The number of aromatic nitrogens is 1. The van der Waals surface area contributed by atoms with Crippen molar-refractivity contribution in [2.24, 2.45) is 5.73 Å². The van der Waals surface area contributed by atoms with Gasteiger partial charge in [0.15, 0.2) is 0 Å². The fourth-order valence-corrected chi connectivity index (χ4v) is 2.61. The number of amides is 1. The van der Waals surface area contributed by atoms with Crippen molar-refractivity contribution < 1.29 is 9.53 Å². The van der Waals surface area contributed by atoms with Gasteiger partial charge in [0, 0.05) is 51.2 Å². The fourth-order valence-electron chi connectivity index (χ4n) is 2.61. The Balaban J connectivity index is 1.92. The van der Waals surface area contributed by atoms with Crippen molar-refractivity contribution in [1.29, 1.82) is 0 Å². The fraction of sp³-hybridized carbons (Fsp3) is 0.625. The number of pyridine rings is 1. The third-order valence-electron chi connectivity index (χ3n) is 3.70. The molecule has 6 nitrogen and oxygen atoms in total. The molecule has 2 heterocycles. The van der Waals surface area contributed by atoms with Gasteiger partial charge >= 0.3 is 6.09 Å². The van der Waals surface area contributed by atoms with Gasteiger partial charge in [0.1, 0.15) is 5.60 Å². The minimum Gasteiger partial charge on any atom is -0.444 e. The number of ether oxygens (including phenoxy) is 1. The van der Waals surface area contributed by atoms with Crippen LogP contribution in [-0.2, 0) is 4.74 Å². The van der Waals surface area contributed by atoms with Crippen LogP contribution in [-0.4, -0.2) is 59.2 Å². The number of piperazine rings is 1. The van der Waals surface area contributed by atoms with Crippen molar-refractivity contribution in [3.63, 3.8) is 0 Å². The molecule has 0 radical (unpaired) electrons. The average molecular weight is 306 g/mol. The highest BCUT2D eigenvalue weighted by molar-refractivity contribution is 5.68. The van der Waals surface area contributed by atoms with E-state index in [2.05, 4.69) is 9.88 Å². The largest absolute Gasteiger partial charge is 0.444 e. The van der Waals surface area contributed by atoms with Crippen LogP contribution in [0.15, 0.2) is 24.5 Å². The van der Waals surface area contributed by atoms with E-state index in [4.69, 9.17) is 10.5 Å². The van der Waals surface area contributed by atoms with E-state index in [-0.39, 0.29) is 12.1 Å². The summed E-state index contributed by atoms with van der Waals surface area (Å²) in [6.45, 7) is 9.08. The molecule has 2 rings (SSSR count). The van der Waals surface area contributed by atoms with Gasteiger partial charge in [-0.1, -0.05) is 6.07 Å². The van der Waals surface area contributed by atoms with E-state index in [0.29, 0.717) is 19.6 Å². The maximum Gasteiger partial charge on any atom is 0.410 e. The van der Waals surface area contributed by atoms with E-state index in [1.54, 1.807) is 11.1 Å². The summed E-state index contributed by atoms with van der Waals surface area (Å²) in [6, 6.07) is 4.12. The van der Waals surface area contributed by atoms with Gasteiger partial charge in [-0.15, -0.1) is 0 Å². The van der Waals surface area contributed by atoms with E-state index >= 15 is 0 Å². The highest BCUT2D eigenvalue weighted by Crippen LogP contribution is 2.21. The first-order valence-electron chi connectivity index (χ1n) is 7.72. The van der Waals surface area contributed by atoms with Crippen molar-refractivity contribution in [1.82, 2.24) is 14.8 Å². The van der Waals surface area contributed by atoms with Gasteiger partial charge in [-0.2, -0.15) is 0 Å². The van der Waals surface area contributed by atoms with Crippen LogP contribution in [0.25, 0.3) is 0 Å². The lowest BCUT2D eigenvalue weighted by molar-refractivity contribution is 0.0106. The number of hydrogen-bond acceptors (Lipinski definition) is 5. The Morgan fingerprint density at radius 3 is 2.55 bits per heavy atom. The van der Waals surface area contributed by atoms with Crippen molar-refractivity contribution in [2.75, 3.05) is 32.7 Å². The van der Waals surface area contributed by atoms with Crippen molar-refractivity contribution in [3.05, 3.63) is 30.1 Å². The Bertz CT molecular complexity index is 479. The van der Waals surface area contributed by atoms with Crippen LogP contribution < -0.4 is 5.73 Å². The molecule has 6 heteroatoms. The molecule has 0 aromatic carbocycles. The first-order valence-corrected chi connectivity index (χ1v) is 7.72. The molecule has 1 aliphatic heterocycles. The summed E-state index contributed by atoms with van der Waals surface area (Å²) in [7, 11) is 0. The Morgan fingerprint density at radius 1 is 1.36 bits per heavy atom. The van der Waals surface area contributed by atoms with Gasteiger partial charge in [-0.25, -0.2) is 4.79 Å². The Labute approximate surface area is 132 Å². The molecule has 122 valence electrons. The lowest BCUT2D eigenvalue weighted by Crippen LogP contribution is -2.51. The molecule has 1 atom stereocenters. The van der Waals surface area contributed by atoms with Gasteiger partial charge in [-0.3, -0.25) is 9.88 Å². The molecule has 0 bridgehead atoms. The lowest BCUT2D eigenvalue weighted by Gasteiger charge is -2.39. The monoisotopic (exact) mass is 306 g/mol. The number of carbonyl (C=O) groups excluding carboxylic acids is 1. The molecule has 1 saturated heterocycles. The lowest BCUT2D eigenvalue weighted by atomic mass is 10.1. The summed E-state index contributed by atoms with van der Waals surface area (Å²) in [4.78, 5) is 20.3. The molecular weight excluding hydrogens is 280 g/mol. The molecule has 0 aliphatic carbocycles. The van der Waals surface area contributed by atoms with Crippen LogP contribution in [0.2, 0.25) is 0 Å². The van der Waals surface area contributed by atoms with Gasteiger partial charge < -0.3 is 15.4 Å². The Kier molecular flexibility index (Phi) is 5.37. The zero-order chi connectivity index (χ0) is 16.2. The number of carbonyl (C=O) groups is 1. The summed E-state index contributed by atoms with van der Waals surface area (Å²) in [5.74, 6) is 0. The normalized spacial score (nSPS) is 18.1. The van der Waals surface area contributed by atoms with Gasteiger partial charge in [0.2, 0.25) is 0 Å². The Hall–Kier alpha value is -1.66. The maximum absolute atomic E-state index is 12.1. The van der Waals surface area contributed by atoms with Gasteiger partial charge in [0.05, 0.1) is 0 Å². The van der Waals surface area contributed by atoms with Crippen LogP contribution in [0.3, 0.4) is 0 Å². The summed E-state index contributed by atoms with van der Waals surface area (Å²) in [5.41, 5.74) is 6.61. The van der Waals surface area contributed by atoms with Crippen molar-refractivity contribution in [3.8, 4) is 0 Å². The molecule has 2 N–H and O–H groups in total. The zero-order valence-electron chi connectivity index (χ0n) is 13.7. The van der Waals surface area contributed by atoms with Crippen LogP contribution in [0.1, 0.15) is 32.4 Å². The molecule has 1 amide bonds. The van der Waals surface area contributed by atoms with Crippen LogP contribution in [0.4, 0.5) is 4.79 Å².